The zero-order valence-electron chi connectivity index (χ0n) is 11.3. The number of aromatic carboxylic acids is 1. The standard InChI is InChI=1S/C16H14BrNO3/c1-10(11-5-4-6-12(17)9-11)18-15(19)13-7-2-3-8-14(13)16(20)21/h2-10H,1H3,(H,18,19)(H,20,21)/t10-/m1/s1. The summed E-state index contributed by atoms with van der Waals surface area (Å²) in [6.07, 6.45) is 0. The van der Waals surface area contributed by atoms with Crippen LogP contribution in [-0.4, -0.2) is 17.0 Å². The van der Waals surface area contributed by atoms with Crippen LogP contribution in [0, 0.1) is 0 Å². The van der Waals surface area contributed by atoms with Crippen molar-refractivity contribution in [2.45, 2.75) is 13.0 Å². The summed E-state index contributed by atoms with van der Waals surface area (Å²) in [6.45, 7) is 1.85. The van der Waals surface area contributed by atoms with Gasteiger partial charge in [0.1, 0.15) is 0 Å². The van der Waals surface area contributed by atoms with Crippen molar-refractivity contribution in [3.63, 3.8) is 0 Å². The molecule has 2 aromatic rings. The number of carboxylic acid groups (broad SMARTS) is 1. The van der Waals surface area contributed by atoms with E-state index in [9.17, 15) is 9.59 Å². The molecule has 1 atom stereocenters. The van der Waals surface area contributed by atoms with Crippen LogP contribution in [0.2, 0.25) is 0 Å². The predicted molar refractivity (Wildman–Crippen MR) is 83.4 cm³/mol. The lowest BCUT2D eigenvalue weighted by Gasteiger charge is -2.15. The van der Waals surface area contributed by atoms with Crippen LogP contribution in [0.3, 0.4) is 0 Å². The summed E-state index contributed by atoms with van der Waals surface area (Å²) < 4.78 is 0.923. The van der Waals surface area contributed by atoms with Crippen molar-refractivity contribution in [2.75, 3.05) is 0 Å². The van der Waals surface area contributed by atoms with Gasteiger partial charge in [0, 0.05) is 4.47 Å². The van der Waals surface area contributed by atoms with Gasteiger partial charge in [0.15, 0.2) is 0 Å². The quantitative estimate of drug-likeness (QED) is 0.887. The third-order valence-corrected chi connectivity index (χ3v) is 3.59. The van der Waals surface area contributed by atoms with E-state index in [0.717, 1.165) is 10.0 Å². The second-order valence-corrected chi connectivity index (χ2v) is 5.52. The van der Waals surface area contributed by atoms with E-state index >= 15 is 0 Å². The number of carbonyl (C=O) groups excluding carboxylic acids is 1. The molecule has 4 nitrogen and oxygen atoms in total. The Morgan fingerprint density at radius 2 is 1.76 bits per heavy atom. The van der Waals surface area contributed by atoms with Crippen LogP contribution in [0.15, 0.2) is 53.0 Å². The topological polar surface area (TPSA) is 66.4 Å². The Balaban J connectivity index is 2.20. The van der Waals surface area contributed by atoms with Crippen molar-refractivity contribution >= 4 is 27.8 Å². The lowest BCUT2D eigenvalue weighted by atomic mass is 10.0. The Kier molecular flexibility index (Phi) is 4.75. The van der Waals surface area contributed by atoms with Gasteiger partial charge in [-0.25, -0.2) is 4.79 Å². The molecule has 0 aliphatic rings. The maximum atomic E-state index is 12.3. The van der Waals surface area contributed by atoms with Crippen LogP contribution in [0.4, 0.5) is 0 Å². The Labute approximate surface area is 130 Å². The van der Waals surface area contributed by atoms with Crippen LogP contribution in [0.5, 0.6) is 0 Å². The maximum Gasteiger partial charge on any atom is 0.336 e. The average molecular weight is 348 g/mol. The number of carboxylic acids is 1. The molecule has 0 aliphatic heterocycles. The number of hydrogen-bond acceptors (Lipinski definition) is 2. The molecule has 5 heteroatoms. The first-order chi connectivity index (χ1) is 9.99. The summed E-state index contributed by atoms with van der Waals surface area (Å²) in [5.41, 5.74) is 1.09. The van der Waals surface area contributed by atoms with Gasteiger partial charge in [0.05, 0.1) is 17.2 Å². The van der Waals surface area contributed by atoms with Gasteiger partial charge in [-0.2, -0.15) is 0 Å². The lowest BCUT2D eigenvalue weighted by Crippen LogP contribution is -2.28. The molecule has 0 radical (unpaired) electrons. The molecule has 0 fully saturated rings. The van der Waals surface area contributed by atoms with Gasteiger partial charge < -0.3 is 10.4 Å². The molecule has 0 saturated carbocycles. The lowest BCUT2D eigenvalue weighted by molar-refractivity contribution is 0.0690. The summed E-state index contributed by atoms with van der Waals surface area (Å²) in [5, 5.41) is 11.9. The summed E-state index contributed by atoms with van der Waals surface area (Å²) in [4.78, 5) is 23.4. The third-order valence-electron chi connectivity index (χ3n) is 3.10. The van der Waals surface area contributed by atoms with Gasteiger partial charge in [-0.15, -0.1) is 0 Å². The van der Waals surface area contributed by atoms with Crippen LogP contribution in [0.1, 0.15) is 39.2 Å². The highest BCUT2D eigenvalue weighted by Crippen LogP contribution is 2.19. The van der Waals surface area contributed by atoms with Crippen LogP contribution in [0.25, 0.3) is 0 Å². The molecule has 2 aromatic carbocycles. The van der Waals surface area contributed by atoms with Gasteiger partial charge in [-0.1, -0.05) is 40.2 Å². The highest BCUT2D eigenvalue weighted by molar-refractivity contribution is 9.10. The molecule has 0 unspecified atom stereocenters. The first-order valence-electron chi connectivity index (χ1n) is 6.37. The third kappa shape index (κ3) is 3.70. The minimum Gasteiger partial charge on any atom is -0.478 e. The summed E-state index contributed by atoms with van der Waals surface area (Å²) >= 11 is 3.38. The Hall–Kier alpha value is -2.14. The molecule has 0 bridgehead atoms. The molecule has 0 aromatic heterocycles. The molecule has 0 heterocycles. The Morgan fingerprint density at radius 3 is 2.38 bits per heavy atom. The second-order valence-electron chi connectivity index (χ2n) is 4.60. The molecule has 2 N–H and O–H groups in total. The average Bonchev–Trinajstić information content (AvgIpc) is 2.47. The largest absolute Gasteiger partial charge is 0.478 e. The van der Waals surface area contributed by atoms with Crippen molar-refractivity contribution < 1.29 is 14.7 Å². The van der Waals surface area contributed by atoms with Crippen molar-refractivity contribution in [2.24, 2.45) is 0 Å². The SMILES string of the molecule is C[C@@H](NC(=O)c1ccccc1C(=O)O)c1cccc(Br)c1. The van der Waals surface area contributed by atoms with E-state index in [4.69, 9.17) is 5.11 Å². The van der Waals surface area contributed by atoms with E-state index in [0.29, 0.717) is 0 Å². The smallest absolute Gasteiger partial charge is 0.336 e. The molecular formula is C16H14BrNO3. The Bertz CT molecular complexity index is 685. The fourth-order valence-electron chi connectivity index (χ4n) is 2.00. The molecule has 2 rings (SSSR count). The van der Waals surface area contributed by atoms with E-state index in [1.807, 2.05) is 31.2 Å². The zero-order chi connectivity index (χ0) is 15.4. The van der Waals surface area contributed by atoms with Crippen molar-refractivity contribution in [1.82, 2.24) is 5.32 Å². The van der Waals surface area contributed by atoms with Crippen molar-refractivity contribution in [3.8, 4) is 0 Å². The molecule has 0 saturated heterocycles. The molecule has 21 heavy (non-hydrogen) atoms. The van der Waals surface area contributed by atoms with Gasteiger partial charge >= 0.3 is 5.97 Å². The van der Waals surface area contributed by atoms with Crippen molar-refractivity contribution in [3.05, 3.63) is 69.7 Å². The number of nitrogens with one attached hydrogen (secondary N) is 1. The molecule has 0 spiro atoms. The summed E-state index contributed by atoms with van der Waals surface area (Å²) in [6, 6.07) is 13.5. The predicted octanol–water partition coefficient (Wildman–Crippen LogP) is 3.64. The fourth-order valence-corrected chi connectivity index (χ4v) is 2.42. The first-order valence-corrected chi connectivity index (χ1v) is 7.17. The van der Waals surface area contributed by atoms with Crippen LogP contribution >= 0.6 is 15.9 Å². The number of benzene rings is 2. The number of halogens is 1. The number of amides is 1. The highest BCUT2D eigenvalue weighted by atomic mass is 79.9. The van der Waals surface area contributed by atoms with E-state index in [1.54, 1.807) is 12.1 Å². The van der Waals surface area contributed by atoms with Crippen LogP contribution in [-0.2, 0) is 0 Å². The van der Waals surface area contributed by atoms with E-state index in [2.05, 4.69) is 21.2 Å². The van der Waals surface area contributed by atoms with E-state index in [1.165, 1.54) is 12.1 Å². The second kappa shape index (κ2) is 6.54. The number of hydrogen-bond donors (Lipinski definition) is 2. The van der Waals surface area contributed by atoms with Crippen molar-refractivity contribution in [1.29, 1.82) is 0 Å². The fraction of sp³-hybridized carbons (Fsp3) is 0.125. The number of rotatable bonds is 4. The van der Waals surface area contributed by atoms with Crippen LogP contribution < -0.4 is 5.32 Å². The van der Waals surface area contributed by atoms with Gasteiger partial charge in [-0.3, -0.25) is 4.79 Å². The minimum atomic E-state index is -1.11. The molecule has 108 valence electrons. The first kappa shape index (κ1) is 15.3. The van der Waals surface area contributed by atoms with Gasteiger partial charge in [-0.05, 0) is 36.8 Å². The van der Waals surface area contributed by atoms with Gasteiger partial charge in [0.2, 0.25) is 0 Å². The van der Waals surface area contributed by atoms with E-state index < -0.39 is 11.9 Å². The molecular weight excluding hydrogens is 334 g/mol. The monoisotopic (exact) mass is 347 g/mol. The minimum absolute atomic E-state index is 0.00329. The zero-order valence-corrected chi connectivity index (χ0v) is 12.9. The maximum absolute atomic E-state index is 12.3. The molecule has 0 aliphatic carbocycles. The van der Waals surface area contributed by atoms with E-state index in [-0.39, 0.29) is 17.2 Å². The molecule has 1 amide bonds. The summed E-state index contributed by atoms with van der Waals surface area (Å²) in [7, 11) is 0. The number of carbonyl (C=O) groups is 2. The normalized spacial score (nSPS) is 11.7. The Morgan fingerprint density at radius 1 is 1.10 bits per heavy atom. The van der Waals surface area contributed by atoms with Gasteiger partial charge in [0.25, 0.3) is 5.91 Å². The summed E-state index contributed by atoms with van der Waals surface area (Å²) in [5.74, 6) is -1.52. The highest BCUT2D eigenvalue weighted by Gasteiger charge is 2.17.